The Hall–Kier alpha value is -1.98. The summed E-state index contributed by atoms with van der Waals surface area (Å²) in [6, 6.07) is 10.3. The van der Waals surface area contributed by atoms with Crippen LogP contribution in [0.4, 0.5) is 0 Å². The second-order valence-corrected chi connectivity index (χ2v) is 5.94. The lowest BCUT2D eigenvalue weighted by molar-refractivity contribution is -0.123. The molecule has 2 aromatic rings. The van der Waals surface area contributed by atoms with Crippen LogP contribution >= 0.6 is 11.3 Å². The molecule has 5 heteroatoms. The minimum Gasteiger partial charge on any atom is -0.383 e. The third-order valence-electron chi connectivity index (χ3n) is 3.38. The first-order chi connectivity index (χ1) is 10.2. The molecule has 0 saturated heterocycles. The average Bonchev–Trinajstić information content (AvgIpc) is 2.99. The molecule has 3 rings (SSSR count). The predicted molar refractivity (Wildman–Crippen MR) is 86.5 cm³/mol. The second kappa shape index (κ2) is 5.79. The van der Waals surface area contributed by atoms with Gasteiger partial charge in [-0.3, -0.25) is 9.69 Å². The summed E-state index contributed by atoms with van der Waals surface area (Å²) in [7, 11) is 1.63. The SMILES string of the molecule is COCCN1C(=O)/C(=C/c2cc3ccccc3s2)N=C1C. The number of methoxy groups -OCH3 is 1. The molecular formula is C16H16N2O2S. The first-order valence-corrected chi connectivity index (χ1v) is 7.57. The van der Waals surface area contributed by atoms with Gasteiger partial charge in [-0.15, -0.1) is 11.3 Å². The number of fused-ring (bicyclic) bond motifs is 1. The molecule has 0 atom stereocenters. The normalized spacial score (nSPS) is 17.0. The van der Waals surface area contributed by atoms with Gasteiger partial charge in [0.2, 0.25) is 0 Å². The van der Waals surface area contributed by atoms with Gasteiger partial charge in [-0.1, -0.05) is 18.2 Å². The number of carbonyl (C=O) groups excluding carboxylic acids is 1. The van der Waals surface area contributed by atoms with Crippen LogP contribution in [0.2, 0.25) is 0 Å². The van der Waals surface area contributed by atoms with Gasteiger partial charge in [0.15, 0.2) is 0 Å². The van der Waals surface area contributed by atoms with Gasteiger partial charge in [0.25, 0.3) is 5.91 Å². The van der Waals surface area contributed by atoms with Crippen LogP contribution < -0.4 is 0 Å². The highest BCUT2D eigenvalue weighted by molar-refractivity contribution is 7.19. The minimum atomic E-state index is -0.0537. The summed E-state index contributed by atoms with van der Waals surface area (Å²) in [5.74, 6) is 0.673. The van der Waals surface area contributed by atoms with Crippen molar-refractivity contribution in [2.24, 2.45) is 4.99 Å². The highest BCUT2D eigenvalue weighted by Gasteiger charge is 2.27. The van der Waals surface area contributed by atoms with Gasteiger partial charge in [-0.25, -0.2) is 4.99 Å². The Kier molecular flexibility index (Phi) is 3.86. The Balaban J connectivity index is 1.88. The van der Waals surface area contributed by atoms with Crippen LogP contribution in [0.25, 0.3) is 16.2 Å². The molecule has 0 radical (unpaired) electrons. The second-order valence-electron chi connectivity index (χ2n) is 4.82. The quantitative estimate of drug-likeness (QED) is 0.814. The van der Waals surface area contributed by atoms with Gasteiger partial charge in [-0.2, -0.15) is 0 Å². The van der Waals surface area contributed by atoms with Crippen molar-refractivity contribution in [1.82, 2.24) is 4.90 Å². The Morgan fingerprint density at radius 3 is 2.95 bits per heavy atom. The molecule has 2 heterocycles. The van der Waals surface area contributed by atoms with Crippen molar-refractivity contribution < 1.29 is 9.53 Å². The van der Waals surface area contributed by atoms with Crippen molar-refractivity contribution in [2.45, 2.75) is 6.92 Å². The number of thiophene rings is 1. The van der Waals surface area contributed by atoms with E-state index in [1.165, 1.54) is 10.1 Å². The number of rotatable bonds is 4. The fourth-order valence-corrected chi connectivity index (χ4v) is 3.32. The van der Waals surface area contributed by atoms with Crippen molar-refractivity contribution in [1.29, 1.82) is 0 Å². The standard InChI is InChI=1S/C16H16N2O2S/c1-11-17-14(16(19)18(11)7-8-20-2)10-13-9-12-5-3-4-6-15(12)21-13/h3-6,9-10H,7-8H2,1-2H3/b14-10-. The van der Waals surface area contributed by atoms with Crippen LogP contribution in [0.5, 0.6) is 0 Å². The van der Waals surface area contributed by atoms with Gasteiger partial charge >= 0.3 is 0 Å². The zero-order valence-corrected chi connectivity index (χ0v) is 12.8. The predicted octanol–water partition coefficient (Wildman–Crippen LogP) is 3.15. The van der Waals surface area contributed by atoms with Gasteiger partial charge in [0, 0.05) is 16.7 Å². The Morgan fingerprint density at radius 1 is 1.38 bits per heavy atom. The van der Waals surface area contributed by atoms with E-state index in [4.69, 9.17) is 4.74 Å². The van der Waals surface area contributed by atoms with E-state index in [2.05, 4.69) is 23.2 Å². The number of hydrogen-bond acceptors (Lipinski definition) is 4. The fraction of sp³-hybridized carbons (Fsp3) is 0.250. The molecule has 1 amide bonds. The van der Waals surface area contributed by atoms with Gasteiger partial charge in [0.1, 0.15) is 11.5 Å². The zero-order valence-electron chi connectivity index (χ0n) is 12.0. The molecule has 1 aliphatic rings. The summed E-state index contributed by atoms with van der Waals surface area (Å²) in [4.78, 5) is 19.4. The van der Waals surface area contributed by atoms with Crippen molar-refractivity contribution in [3.63, 3.8) is 0 Å². The largest absolute Gasteiger partial charge is 0.383 e. The average molecular weight is 300 g/mol. The molecule has 1 aliphatic heterocycles. The van der Waals surface area contributed by atoms with Crippen LogP contribution in [-0.2, 0) is 9.53 Å². The first-order valence-electron chi connectivity index (χ1n) is 6.75. The number of nitrogens with zero attached hydrogens (tertiary/aromatic N) is 2. The lowest BCUT2D eigenvalue weighted by Crippen LogP contribution is -2.33. The monoisotopic (exact) mass is 300 g/mol. The van der Waals surface area contributed by atoms with Crippen molar-refractivity contribution in [3.05, 3.63) is 40.9 Å². The number of amides is 1. The number of carbonyl (C=O) groups is 1. The molecule has 1 aromatic carbocycles. The van der Waals surface area contributed by atoms with Crippen molar-refractivity contribution in [2.75, 3.05) is 20.3 Å². The summed E-state index contributed by atoms with van der Waals surface area (Å²) in [5.41, 5.74) is 0.496. The number of aliphatic imine (C=N–C) groups is 1. The number of hydrogen-bond donors (Lipinski definition) is 0. The summed E-state index contributed by atoms with van der Waals surface area (Å²) >= 11 is 1.67. The van der Waals surface area contributed by atoms with E-state index in [0.29, 0.717) is 18.8 Å². The zero-order chi connectivity index (χ0) is 14.8. The Labute approximate surface area is 127 Å². The van der Waals surface area contributed by atoms with Gasteiger partial charge < -0.3 is 4.74 Å². The van der Waals surface area contributed by atoms with E-state index in [9.17, 15) is 4.79 Å². The topological polar surface area (TPSA) is 41.9 Å². The van der Waals surface area contributed by atoms with Crippen LogP contribution in [0.15, 0.2) is 41.0 Å². The summed E-state index contributed by atoms with van der Waals surface area (Å²) in [6.45, 7) is 2.89. The summed E-state index contributed by atoms with van der Waals surface area (Å²) in [5, 5.41) is 1.19. The minimum absolute atomic E-state index is 0.0537. The van der Waals surface area contributed by atoms with Crippen LogP contribution in [0, 0.1) is 0 Å². The maximum atomic E-state index is 12.3. The molecule has 0 fully saturated rings. The molecule has 0 spiro atoms. The number of benzene rings is 1. The van der Waals surface area contributed by atoms with Crippen LogP contribution in [0.3, 0.4) is 0 Å². The fourth-order valence-electron chi connectivity index (χ4n) is 2.32. The van der Waals surface area contributed by atoms with Crippen LogP contribution in [0.1, 0.15) is 11.8 Å². The van der Waals surface area contributed by atoms with Crippen molar-refractivity contribution >= 4 is 39.2 Å². The highest BCUT2D eigenvalue weighted by atomic mass is 32.1. The first kappa shape index (κ1) is 14.0. The molecule has 108 valence electrons. The van der Waals surface area contributed by atoms with Crippen LogP contribution in [-0.4, -0.2) is 36.9 Å². The van der Waals surface area contributed by atoms with E-state index in [0.717, 1.165) is 10.7 Å². The van der Waals surface area contributed by atoms with E-state index in [-0.39, 0.29) is 5.91 Å². The summed E-state index contributed by atoms with van der Waals surface area (Å²) < 4.78 is 6.24. The lowest BCUT2D eigenvalue weighted by atomic mass is 10.2. The molecule has 0 bridgehead atoms. The molecule has 0 aliphatic carbocycles. The molecule has 0 N–H and O–H groups in total. The third kappa shape index (κ3) is 2.75. The maximum absolute atomic E-state index is 12.3. The molecular weight excluding hydrogens is 284 g/mol. The lowest BCUT2D eigenvalue weighted by Gasteiger charge is -2.14. The number of amidine groups is 1. The third-order valence-corrected chi connectivity index (χ3v) is 4.44. The van der Waals surface area contributed by atoms with E-state index < -0.39 is 0 Å². The van der Waals surface area contributed by atoms with Gasteiger partial charge in [0.05, 0.1) is 13.2 Å². The molecule has 4 nitrogen and oxygen atoms in total. The Morgan fingerprint density at radius 2 is 2.19 bits per heavy atom. The van der Waals surface area contributed by atoms with E-state index in [1.54, 1.807) is 23.3 Å². The van der Waals surface area contributed by atoms with E-state index in [1.807, 2.05) is 25.1 Å². The number of ether oxygens (including phenoxy) is 1. The summed E-state index contributed by atoms with van der Waals surface area (Å²) in [6.07, 6.45) is 1.86. The van der Waals surface area contributed by atoms with E-state index >= 15 is 0 Å². The van der Waals surface area contributed by atoms with Gasteiger partial charge in [-0.05, 0) is 30.5 Å². The molecule has 0 saturated carbocycles. The van der Waals surface area contributed by atoms with Crippen molar-refractivity contribution in [3.8, 4) is 0 Å². The maximum Gasteiger partial charge on any atom is 0.277 e. The molecule has 21 heavy (non-hydrogen) atoms. The Bertz CT molecular complexity index is 713. The molecule has 0 unspecified atom stereocenters. The molecule has 1 aromatic heterocycles. The smallest absolute Gasteiger partial charge is 0.277 e. The highest BCUT2D eigenvalue weighted by Crippen LogP contribution is 2.28.